The van der Waals surface area contributed by atoms with Crippen molar-refractivity contribution >= 4 is 11.3 Å². The number of nitrogens with one attached hydrogen (secondary N) is 1. The van der Waals surface area contributed by atoms with Crippen molar-refractivity contribution < 1.29 is 0 Å². The summed E-state index contributed by atoms with van der Waals surface area (Å²) in [6, 6.07) is 3.49. The first-order chi connectivity index (χ1) is 9.09. The van der Waals surface area contributed by atoms with E-state index in [0.29, 0.717) is 13.1 Å². The van der Waals surface area contributed by atoms with E-state index < -0.39 is 0 Å². The van der Waals surface area contributed by atoms with Crippen LogP contribution in [0.2, 0.25) is 0 Å². The third-order valence-corrected chi connectivity index (χ3v) is 4.03. The minimum absolute atomic E-state index is 0.253. The van der Waals surface area contributed by atoms with Gasteiger partial charge in [0.1, 0.15) is 0 Å². The van der Waals surface area contributed by atoms with Crippen LogP contribution in [0.4, 0.5) is 0 Å². The number of hydrogen-bond acceptors (Lipinski definition) is 4. The highest BCUT2D eigenvalue weighted by atomic mass is 32.1. The SMILES string of the molecule is Cc1ccsc1CNCCn1c(=O)ccn(C)c1=O. The standard InChI is InChI=1S/C13H17N3O2S/c1-10-4-8-19-11(10)9-14-5-7-16-12(17)3-6-15(2)13(16)18/h3-4,6,8,14H,5,7,9H2,1-2H3. The van der Waals surface area contributed by atoms with Crippen molar-refractivity contribution in [2.24, 2.45) is 7.05 Å². The molecule has 0 unspecified atom stereocenters. The number of nitrogens with zero attached hydrogens (tertiary/aromatic N) is 2. The van der Waals surface area contributed by atoms with E-state index in [9.17, 15) is 9.59 Å². The summed E-state index contributed by atoms with van der Waals surface area (Å²) < 4.78 is 2.65. The van der Waals surface area contributed by atoms with Crippen molar-refractivity contribution in [3.63, 3.8) is 0 Å². The Morgan fingerprint density at radius 1 is 1.32 bits per heavy atom. The maximum absolute atomic E-state index is 11.8. The number of hydrogen-bond donors (Lipinski definition) is 1. The Bertz CT molecular complexity index is 669. The summed E-state index contributed by atoms with van der Waals surface area (Å²) in [6.07, 6.45) is 1.49. The van der Waals surface area contributed by atoms with Crippen molar-refractivity contribution in [3.05, 3.63) is 55.0 Å². The molecule has 2 aromatic heterocycles. The van der Waals surface area contributed by atoms with Gasteiger partial charge in [0, 0.05) is 43.8 Å². The van der Waals surface area contributed by atoms with Crippen LogP contribution in [0.25, 0.3) is 0 Å². The van der Waals surface area contributed by atoms with Crippen LogP contribution >= 0.6 is 11.3 Å². The Morgan fingerprint density at radius 2 is 2.11 bits per heavy atom. The molecule has 0 spiro atoms. The lowest BCUT2D eigenvalue weighted by Crippen LogP contribution is -2.40. The largest absolute Gasteiger partial charge is 0.330 e. The van der Waals surface area contributed by atoms with Crippen molar-refractivity contribution in [1.29, 1.82) is 0 Å². The average molecular weight is 279 g/mol. The minimum atomic E-state index is -0.276. The Balaban J connectivity index is 1.94. The van der Waals surface area contributed by atoms with Crippen LogP contribution in [0, 0.1) is 6.92 Å². The van der Waals surface area contributed by atoms with Crippen LogP contribution in [0.1, 0.15) is 10.4 Å². The molecule has 0 fully saturated rings. The molecule has 0 bridgehead atoms. The van der Waals surface area contributed by atoms with Crippen molar-refractivity contribution in [2.45, 2.75) is 20.0 Å². The van der Waals surface area contributed by atoms with Gasteiger partial charge in [0.25, 0.3) is 5.56 Å². The first kappa shape index (κ1) is 13.8. The summed E-state index contributed by atoms with van der Waals surface area (Å²) in [5.74, 6) is 0. The highest BCUT2D eigenvalue weighted by molar-refractivity contribution is 7.10. The first-order valence-corrected chi connectivity index (χ1v) is 6.97. The van der Waals surface area contributed by atoms with E-state index in [0.717, 1.165) is 6.54 Å². The van der Waals surface area contributed by atoms with Gasteiger partial charge in [-0.3, -0.25) is 9.36 Å². The van der Waals surface area contributed by atoms with Gasteiger partial charge in [-0.2, -0.15) is 0 Å². The third kappa shape index (κ3) is 3.21. The number of thiophene rings is 1. The lowest BCUT2D eigenvalue weighted by molar-refractivity contribution is 0.546. The van der Waals surface area contributed by atoms with E-state index in [1.165, 1.54) is 31.8 Å². The van der Waals surface area contributed by atoms with Gasteiger partial charge in [0.15, 0.2) is 0 Å². The lowest BCUT2D eigenvalue weighted by Gasteiger charge is -2.07. The molecule has 0 atom stereocenters. The third-order valence-electron chi connectivity index (χ3n) is 3.01. The van der Waals surface area contributed by atoms with Crippen LogP contribution in [0.3, 0.4) is 0 Å². The fourth-order valence-electron chi connectivity index (χ4n) is 1.80. The maximum Gasteiger partial charge on any atom is 0.330 e. The van der Waals surface area contributed by atoms with Gasteiger partial charge in [0.05, 0.1) is 0 Å². The number of aryl methyl sites for hydroxylation is 2. The Morgan fingerprint density at radius 3 is 2.79 bits per heavy atom. The molecule has 0 aliphatic heterocycles. The topological polar surface area (TPSA) is 56.0 Å². The van der Waals surface area contributed by atoms with E-state index in [2.05, 4.69) is 23.7 Å². The van der Waals surface area contributed by atoms with Crippen LogP contribution in [0.5, 0.6) is 0 Å². The summed E-state index contributed by atoms with van der Waals surface area (Å²) in [5, 5.41) is 5.31. The number of aromatic nitrogens is 2. The first-order valence-electron chi connectivity index (χ1n) is 6.10. The summed E-state index contributed by atoms with van der Waals surface area (Å²) in [6.45, 7) is 3.82. The lowest BCUT2D eigenvalue weighted by atomic mass is 10.3. The molecule has 102 valence electrons. The second kappa shape index (κ2) is 5.99. The Kier molecular flexibility index (Phi) is 4.34. The highest BCUT2D eigenvalue weighted by Gasteiger charge is 2.03. The summed E-state index contributed by atoms with van der Waals surface area (Å²) in [4.78, 5) is 24.6. The van der Waals surface area contributed by atoms with Crippen molar-refractivity contribution in [2.75, 3.05) is 6.54 Å². The molecule has 19 heavy (non-hydrogen) atoms. The normalized spacial score (nSPS) is 10.8. The van der Waals surface area contributed by atoms with Crippen LogP contribution in [-0.4, -0.2) is 15.7 Å². The molecule has 0 amide bonds. The molecule has 0 saturated carbocycles. The zero-order valence-electron chi connectivity index (χ0n) is 11.0. The van der Waals surface area contributed by atoms with Gasteiger partial charge in [-0.1, -0.05) is 0 Å². The van der Waals surface area contributed by atoms with Gasteiger partial charge < -0.3 is 9.88 Å². The van der Waals surface area contributed by atoms with Crippen molar-refractivity contribution in [1.82, 2.24) is 14.5 Å². The molecular weight excluding hydrogens is 262 g/mol. The van der Waals surface area contributed by atoms with Crippen LogP contribution < -0.4 is 16.6 Å². The molecule has 2 rings (SSSR count). The summed E-state index contributed by atoms with van der Waals surface area (Å²) >= 11 is 1.71. The Hall–Kier alpha value is -1.66. The molecule has 0 aliphatic rings. The monoisotopic (exact) mass is 279 g/mol. The molecule has 5 nitrogen and oxygen atoms in total. The predicted octanol–water partition coefficient (Wildman–Crippen LogP) is 0.707. The van der Waals surface area contributed by atoms with E-state index in [-0.39, 0.29) is 11.2 Å². The summed E-state index contributed by atoms with van der Waals surface area (Å²) in [5.41, 5.74) is 0.740. The van der Waals surface area contributed by atoms with E-state index >= 15 is 0 Å². The molecule has 2 aromatic rings. The molecule has 0 radical (unpaired) electrons. The average Bonchev–Trinajstić information content (AvgIpc) is 2.79. The molecule has 0 aliphatic carbocycles. The molecular formula is C13H17N3O2S. The Labute approximate surface area is 115 Å². The van der Waals surface area contributed by atoms with E-state index in [4.69, 9.17) is 0 Å². The zero-order valence-corrected chi connectivity index (χ0v) is 11.9. The molecule has 6 heteroatoms. The minimum Gasteiger partial charge on any atom is -0.310 e. The van der Waals surface area contributed by atoms with Gasteiger partial charge >= 0.3 is 5.69 Å². The molecule has 2 heterocycles. The highest BCUT2D eigenvalue weighted by Crippen LogP contribution is 2.14. The van der Waals surface area contributed by atoms with Gasteiger partial charge in [-0.15, -0.1) is 11.3 Å². The fourth-order valence-corrected chi connectivity index (χ4v) is 2.67. The quantitative estimate of drug-likeness (QED) is 0.820. The maximum atomic E-state index is 11.8. The van der Waals surface area contributed by atoms with Crippen molar-refractivity contribution in [3.8, 4) is 0 Å². The smallest absolute Gasteiger partial charge is 0.310 e. The fraction of sp³-hybridized carbons (Fsp3) is 0.385. The van der Waals surface area contributed by atoms with Gasteiger partial charge in [-0.05, 0) is 23.9 Å². The predicted molar refractivity (Wildman–Crippen MR) is 76.7 cm³/mol. The molecule has 0 saturated heterocycles. The van der Waals surface area contributed by atoms with Crippen LogP contribution in [-0.2, 0) is 20.1 Å². The molecule has 1 N–H and O–H groups in total. The van der Waals surface area contributed by atoms with Gasteiger partial charge in [0.2, 0.25) is 0 Å². The zero-order chi connectivity index (χ0) is 13.8. The van der Waals surface area contributed by atoms with Crippen LogP contribution in [0.15, 0.2) is 33.3 Å². The van der Waals surface area contributed by atoms with Gasteiger partial charge in [-0.25, -0.2) is 4.79 Å². The summed E-state index contributed by atoms with van der Waals surface area (Å²) in [7, 11) is 1.64. The second-order valence-corrected chi connectivity index (χ2v) is 5.40. The number of rotatable bonds is 5. The van der Waals surface area contributed by atoms with E-state index in [1.54, 1.807) is 18.4 Å². The molecule has 0 aromatic carbocycles. The van der Waals surface area contributed by atoms with E-state index in [1.807, 2.05) is 0 Å². The second-order valence-electron chi connectivity index (χ2n) is 4.40.